The molecule has 0 fully saturated rings. The van der Waals surface area contributed by atoms with Crippen LogP contribution >= 0.6 is 0 Å². The smallest absolute Gasteiger partial charge is 0.249 e. The molecule has 0 saturated heterocycles. The Morgan fingerprint density at radius 3 is 2.45 bits per heavy atom. The number of pyridine rings is 1. The Morgan fingerprint density at radius 1 is 1.00 bits per heavy atom. The van der Waals surface area contributed by atoms with Gasteiger partial charge in [-0.25, -0.2) is 4.68 Å². The predicted molar refractivity (Wildman–Crippen MR) is 144 cm³/mol. The van der Waals surface area contributed by atoms with Crippen molar-refractivity contribution < 1.29 is 19.1 Å². The van der Waals surface area contributed by atoms with Gasteiger partial charge in [-0.3, -0.25) is 19.5 Å². The number of anilines is 1. The highest BCUT2D eigenvalue weighted by molar-refractivity contribution is 6.01. The van der Waals surface area contributed by atoms with E-state index in [9.17, 15) is 9.59 Å². The van der Waals surface area contributed by atoms with Gasteiger partial charge in [0, 0.05) is 30.7 Å². The SMILES string of the molecule is COc1ccc(N(C(=O)Cn2nnc3ccccc32)C(C(=O)NCCC(C)C)c2ccncc2)cc1OC. The van der Waals surface area contributed by atoms with Gasteiger partial charge < -0.3 is 14.8 Å². The molecule has 2 heterocycles. The summed E-state index contributed by atoms with van der Waals surface area (Å²) < 4.78 is 12.4. The van der Waals surface area contributed by atoms with Gasteiger partial charge >= 0.3 is 0 Å². The van der Waals surface area contributed by atoms with Crippen LogP contribution in [0.5, 0.6) is 11.5 Å². The summed E-state index contributed by atoms with van der Waals surface area (Å²) in [6, 6.07) is 15.0. The fourth-order valence-electron chi connectivity index (χ4n) is 4.19. The molecule has 0 spiro atoms. The molecule has 4 rings (SSSR count). The van der Waals surface area contributed by atoms with E-state index in [0.717, 1.165) is 11.9 Å². The second-order valence-electron chi connectivity index (χ2n) is 9.20. The number of fused-ring (bicyclic) bond motifs is 1. The third kappa shape index (κ3) is 5.91. The molecule has 10 nitrogen and oxygen atoms in total. The average molecular weight is 517 g/mol. The molecule has 0 bridgehead atoms. The molecule has 0 aliphatic heterocycles. The first-order valence-electron chi connectivity index (χ1n) is 12.4. The highest BCUT2D eigenvalue weighted by Gasteiger charge is 2.33. The van der Waals surface area contributed by atoms with Gasteiger partial charge in [0.05, 0.1) is 19.7 Å². The number of benzene rings is 2. The van der Waals surface area contributed by atoms with Crippen LogP contribution in [-0.4, -0.2) is 52.6 Å². The van der Waals surface area contributed by atoms with Gasteiger partial charge in [0.15, 0.2) is 11.5 Å². The number of para-hydroxylation sites is 1. The van der Waals surface area contributed by atoms with E-state index < -0.39 is 6.04 Å². The van der Waals surface area contributed by atoms with Crippen molar-refractivity contribution in [1.29, 1.82) is 0 Å². The maximum absolute atomic E-state index is 14.1. The fraction of sp³-hybridized carbons (Fsp3) is 0.321. The third-order valence-electron chi connectivity index (χ3n) is 6.17. The summed E-state index contributed by atoms with van der Waals surface area (Å²) in [6.45, 7) is 4.54. The standard InChI is InChI=1S/C28H32N6O4/c1-19(2)11-16-30-28(36)27(20-12-14-29-15-13-20)34(21-9-10-24(37-3)25(17-21)38-4)26(35)18-33-23-8-6-5-7-22(23)31-32-33/h5-10,12-15,17,19,27H,11,16,18H2,1-4H3,(H,30,36). The van der Waals surface area contributed by atoms with Crippen molar-refractivity contribution in [3.63, 3.8) is 0 Å². The summed E-state index contributed by atoms with van der Waals surface area (Å²) in [4.78, 5) is 33.4. The average Bonchev–Trinajstić information content (AvgIpc) is 3.34. The van der Waals surface area contributed by atoms with E-state index in [1.807, 2.05) is 24.3 Å². The van der Waals surface area contributed by atoms with Crippen molar-refractivity contribution in [3.05, 3.63) is 72.6 Å². The molecule has 10 heteroatoms. The second-order valence-corrected chi connectivity index (χ2v) is 9.20. The van der Waals surface area contributed by atoms with Crippen molar-refractivity contribution >= 4 is 28.5 Å². The first-order valence-corrected chi connectivity index (χ1v) is 12.4. The van der Waals surface area contributed by atoms with Crippen molar-refractivity contribution in [2.24, 2.45) is 5.92 Å². The highest BCUT2D eigenvalue weighted by Crippen LogP contribution is 2.35. The van der Waals surface area contributed by atoms with Gasteiger partial charge in [-0.2, -0.15) is 0 Å². The topological polar surface area (TPSA) is 111 Å². The lowest BCUT2D eigenvalue weighted by Crippen LogP contribution is -2.45. The number of methoxy groups -OCH3 is 2. The normalized spacial score (nSPS) is 11.8. The summed E-state index contributed by atoms with van der Waals surface area (Å²) in [5.74, 6) is 0.700. The molecule has 1 unspecified atom stereocenters. The molecule has 2 amide bonds. The Kier molecular flexibility index (Phi) is 8.52. The Balaban J connectivity index is 1.79. The number of nitrogens with zero attached hydrogens (tertiary/aromatic N) is 5. The van der Waals surface area contributed by atoms with Crippen LogP contribution in [0.3, 0.4) is 0 Å². The van der Waals surface area contributed by atoms with Crippen LogP contribution in [0, 0.1) is 5.92 Å². The number of aromatic nitrogens is 4. The van der Waals surface area contributed by atoms with Crippen LogP contribution in [0.4, 0.5) is 5.69 Å². The van der Waals surface area contributed by atoms with Gasteiger partial charge in [-0.1, -0.05) is 31.2 Å². The monoisotopic (exact) mass is 516 g/mol. The Bertz CT molecular complexity index is 1390. The van der Waals surface area contributed by atoms with Gasteiger partial charge in [-0.15, -0.1) is 5.10 Å². The number of hydrogen-bond acceptors (Lipinski definition) is 7. The molecule has 2 aromatic carbocycles. The molecule has 0 saturated carbocycles. The minimum Gasteiger partial charge on any atom is -0.493 e. The van der Waals surface area contributed by atoms with Crippen LogP contribution in [0.15, 0.2) is 67.0 Å². The van der Waals surface area contributed by atoms with Crippen LogP contribution in [0.25, 0.3) is 11.0 Å². The lowest BCUT2D eigenvalue weighted by atomic mass is 10.0. The first kappa shape index (κ1) is 26.6. The number of rotatable bonds is 11. The summed E-state index contributed by atoms with van der Waals surface area (Å²) in [5.41, 5.74) is 2.48. The summed E-state index contributed by atoms with van der Waals surface area (Å²) in [6.07, 6.45) is 4.02. The van der Waals surface area contributed by atoms with E-state index in [1.54, 1.807) is 42.7 Å². The van der Waals surface area contributed by atoms with Crippen molar-refractivity contribution in [3.8, 4) is 11.5 Å². The minimum absolute atomic E-state index is 0.129. The van der Waals surface area contributed by atoms with Gasteiger partial charge in [0.1, 0.15) is 18.1 Å². The maximum Gasteiger partial charge on any atom is 0.249 e. The maximum atomic E-state index is 14.1. The molecule has 0 aliphatic rings. The molecule has 0 radical (unpaired) electrons. The predicted octanol–water partition coefficient (Wildman–Crippen LogP) is 3.78. The summed E-state index contributed by atoms with van der Waals surface area (Å²) >= 11 is 0. The lowest BCUT2D eigenvalue weighted by Gasteiger charge is -2.32. The van der Waals surface area contributed by atoms with Crippen molar-refractivity contribution in [2.45, 2.75) is 32.9 Å². The van der Waals surface area contributed by atoms with E-state index in [-0.39, 0.29) is 18.4 Å². The van der Waals surface area contributed by atoms with E-state index in [0.29, 0.717) is 40.7 Å². The van der Waals surface area contributed by atoms with Gasteiger partial charge in [0.2, 0.25) is 11.8 Å². The van der Waals surface area contributed by atoms with Gasteiger partial charge in [0.25, 0.3) is 0 Å². The van der Waals surface area contributed by atoms with Crippen LogP contribution in [-0.2, 0) is 16.1 Å². The third-order valence-corrected chi connectivity index (χ3v) is 6.17. The number of hydrogen-bond donors (Lipinski definition) is 1. The number of nitrogens with one attached hydrogen (secondary N) is 1. The van der Waals surface area contributed by atoms with E-state index in [2.05, 4.69) is 34.5 Å². The van der Waals surface area contributed by atoms with E-state index in [1.165, 1.54) is 23.8 Å². The van der Waals surface area contributed by atoms with Crippen molar-refractivity contribution in [1.82, 2.24) is 25.3 Å². The number of carbonyl (C=O) groups is 2. The first-order chi connectivity index (χ1) is 18.4. The summed E-state index contributed by atoms with van der Waals surface area (Å²) in [5, 5.41) is 11.4. The molecule has 1 atom stereocenters. The zero-order chi connectivity index (χ0) is 27.1. The summed E-state index contributed by atoms with van der Waals surface area (Å²) in [7, 11) is 3.06. The lowest BCUT2D eigenvalue weighted by molar-refractivity contribution is -0.127. The zero-order valence-electron chi connectivity index (χ0n) is 22.0. The molecular formula is C28H32N6O4. The molecule has 38 heavy (non-hydrogen) atoms. The van der Waals surface area contributed by atoms with E-state index in [4.69, 9.17) is 9.47 Å². The molecule has 198 valence electrons. The van der Waals surface area contributed by atoms with Crippen LogP contribution in [0.2, 0.25) is 0 Å². The minimum atomic E-state index is -0.967. The highest BCUT2D eigenvalue weighted by atomic mass is 16.5. The van der Waals surface area contributed by atoms with Crippen LogP contribution < -0.4 is 19.7 Å². The second kappa shape index (κ2) is 12.2. The molecule has 1 N–H and O–H groups in total. The van der Waals surface area contributed by atoms with Crippen LogP contribution in [0.1, 0.15) is 31.9 Å². The number of amides is 2. The fourth-order valence-corrected chi connectivity index (χ4v) is 4.19. The Hall–Kier alpha value is -4.47. The Labute approximate surface area is 221 Å². The van der Waals surface area contributed by atoms with E-state index >= 15 is 0 Å². The van der Waals surface area contributed by atoms with Gasteiger partial charge in [-0.05, 0) is 54.3 Å². The molecule has 2 aromatic heterocycles. The number of carbonyl (C=O) groups excluding carboxylic acids is 2. The number of ether oxygens (including phenoxy) is 2. The van der Waals surface area contributed by atoms with Crippen molar-refractivity contribution in [2.75, 3.05) is 25.7 Å². The largest absolute Gasteiger partial charge is 0.493 e. The molecule has 4 aromatic rings. The molecular weight excluding hydrogens is 484 g/mol. The quantitative estimate of drug-likeness (QED) is 0.323. The zero-order valence-corrected chi connectivity index (χ0v) is 22.0. The molecule has 0 aliphatic carbocycles. The Morgan fingerprint density at radius 2 is 1.74 bits per heavy atom.